The number of H-pyrrole nitrogens is 1. The predicted molar refractivity (Wildman–Crippen MR) is 143 cm³/mol. The molecule has 7 rings (SSSR count). The maximum absolute atomic E-state index is 14.1. The van der Waals surface area contributed by atoms with E-state index in [-0.39, 0.29) is 30.4 Å². The summed E-state index contributed by atoms with van der Waals surface area (Å²) in [6, 6.07) is 28.1. The zero-order valence-electron chi connectivity index (χ0n) is 20.7. The molecule has 6 heteroatoms. The van der Waals surface area contributed by atoms with Crippen LogP contribution >= 0.6 is 0 Å². The molecule has 4 heterocycles. The van der Waals surface area contributed by atoms with Gasteiger partial charge < -0.3 is 14.8 Å². The van der Waals surface area contributed by atoms with Gasteiger partial charge in [0.1, 0.15) is 12.6 Å². The van der Waals surface area contributed by atoms with E-state index in [1.165, 1.54) is 5.56 Å². The summed E-state index contributed by atoms with van der Waals surface area (Å²) in [5.41, 5.74) is 5.56. The Balaban J connectivity index is 1.21. The van der Waals surface area contributed by atoms with E-state index in [0.717, 1.165) is 53.8 Å². The zero-order valence-corrected chi connectivity index (χ0v) is 20.7. The van der Waals surface area contributed by atoms with Crippen LogP contribution in [0.4, 0.5) is 0 Å². The minimum absolute atomic E-state index is 0.0317. The Labute approximate surface area is 216 Å². The van der Waals surface area contributed by atoms with Crippen molar-refractivity contribution in [3.63, 3.8) is 0 Å². The van der Waals surface area contributed by atoms with Crippen molar-refractivity contribution in [2.24, 2.45) is 0 Å². The fourth-order valence-electron chi connectivity index (χ4n) is 6.63. The van der Waals surface area contributed by atoms with Crippen LogP contribution in [0.2, 0.25) is 0 Å². The van der Waals surface area contributed by atoms with E-state index in [2.05, 4.69) is 58.4 Å². The summed E-state index contributed by atoms with van der Waals surface area (Å²) in [5.74, 6) is 0.118. The van der Waals surface area contributed by atoms with Gasteiger partial charge in [-0.1, -0.05) is 78.9 Å². The van der Waals surface area contributed by atoms with Gasteiger partial charge in [0.25, 0.3) is 0 Å². The fraction of sp³-hybridized carbons (Fsp3) is 0.290. The average Bonchev–Trinajstić information content (AvgIpc) is 3.55. The molecule has 3 aliphatic rings. The van der Waals surface area contributed by atoms with Gasteiger partial charge in [0.05, 0.1) is 6.04 Å². The number of likely N-dealkylation sites (tertiary alicyclic amines) is 1. The number of carbonyl (C=O) groups is 2. The van der Waals surface area contributed by atoms with Gasteiger partial charge in [0.2, 0.25) is 11.8 Å². The summed E-state index contributed by atoms with van der Waals surface area (Å²) in [5, 5.41) is 1.14. The first kappa shape index (κ1) is 22.3. The number of para-hydroxylation sites is 1. The zero-order chi connectivity index (χ0) is 24.9. The van der Waals surface area contributed by atoms with Gasteiger partial charge in [-0.3, -0.25) is 14.5 Å². The third-order valence-corrected chi connectivity index (χ3v) is 8.35. The SMILES string of the molecule is O=C1[C@H]2Cc3c([nH]c4ccccc34)[C@@H](c3ccccc3)N2C(=O)CN1[C@@H]1CCN(Cc2ccccc2)C1. The first-order valence-corrected chi connectivity index (χ1v) is 13.2. The van der Waals surface area contributed by atoms with Crippen LogP contribution in [0, 0.1) is 0 Å². The van der Waals surface area contributed by atoms with Crippen LogP contribution in [-0.2, 0) is 22.6 Å². The molecule has 4 aromatic rings. The molecule has 0 aliphatic carbocycles. The lowest BCUT2D eigenvalue weighted by Crippen LogP contribution is -2.65. The largest absolute Gasteiger partial charge is 0.356 e. The molecular formula is C31H30N4O2. The molecule has 2 amide bonds. The van der Waals surface area contributed by atoms with Crippen LogP contribution in [-0.4, -0.2) is 63.2 Å². The highest BCUT2D eigenvalue weighted by atomic mass is 16.2. The number of nitrogens with one attached hydrogen (secondary N) is 1. The van der Waals surface area contributed by atoms with Crippen molar-refractivity contribution in [2.45, 2.75) is 37.5 Å². The third kappa shape index (κ3) is 3.75. The minimum atomic E-state index is -0.485. The van der Waals surface area contributed by atoms with Crippen LogP contribution in [0.1, 0.15) is 34.8 Å². The molecule has 0 bridgehead atoms. The summed E-state index contributed by atoms with van der Waals surface area (Å²) in [7, 11) is 0. The third-order valence-electron chi connectivity index (χ3n) is 8.35. The topological polar surface area (TPSA) is 59.7 Å². The van der Waals surface area contributed by atoms with Gasteiger partial charge in [0, 0.05) is 48.7 Å². The van der Waals surface area contributed by atoms with E-state index >= 15 is 0 Å². The number of aromatic nitrogens is 1. The van der Waals surface area contributed by atoms with E-state index in [4.69, 9.17) is 0 Å². The van der Waals surface area contributed by atoms with Gasteiger partial charge in [-0.15, -0.1) is 0 Å². The summed E-state index contributed by atoms with van der Waals surface area (Å²) in [6.07, 6.45) is 1.45. The predicted octanol–water partition coefficient (Wildman–Crippen LogP) is 4.13. The molecule has 0 saturated carbocycles. The smallest absolute Gasteiger partial charge is 0.246 e. The molecule has 0 radical (unpaired) electrons. The van der Waals surface area contributed by atoms with Crippen molar-refractivity contribution < 1.29 is 9.59 Å². The summed E-state index contributed by atoms with van der Waals surface area (Å²) >= 11 is 0. The number of rotatable bonds is 4. The first-order chi connectivity index (χ1) is 18.2. The molecule has 0 unspecified atom stereocenters. The van der Waals surface area contributed by atoms with Crippen molar-refractivity contribution >= 4 is 22.7 Å². The standard InChI is InChI=1S/C31H30N4O2/c36-28-20-34(23-15-16-33(19-23)18-21-9-3-1-4-10-21)31(37)27-17-25-24-13-7-8-14-26(24)32-29(25)30(35(27)28)22-11-5-2-6-12-22/h1-14,23,27,30,32H,15-20H2/t23-,27-,30-/m1/s1. The van der Waals surface area contributed by atoms with E-state index in [1.807, 2.05) is 46.2 Å². The molecule has 3 aliphatic heterocycles. The molecule has 0 spiro atoms. The Morgan fingerprint density at radius 3 is 2.41 bits per heavy atom. The molecule has 3 atom stereocenters. The number of carbonyl (C=O) groups excluding carboxylic acids is 2. The van der Waals surface area contributed by atoms with Crippen LogP contribution in [0.5, 0.6) is 0 Å². The molecule has 37 heavy (non-hydrogen) atoms. The minimum Gasteiger partial charge on any atom is -0.356 e. The van der Waals surface area contributed by atoms with E-state index in [0.29, 0.717) is 6.42 Å². The second kappa shape index (κ2) is 8.89. The number of amides is 2. The maximum atomic E-state index is 14.1. The van der Waals surface area contributed by atoms with Gasteiger partial charge >= 0.3 is 0 Å². The fourth-order valence-corrected chi connectivity index (χ4v) is 6.63. The normalized spacial score (nSPS) is 23.9. The van der Waals surface area contributed by atoms with Crippen LogP contribution in [0.3, 0.4) is 0 Å². The Kier molecular flexibility index (Phi) is 5.36. The van der Waals surface area contributed by atoms with E-state index in [9.17, 15) is 9.59 Å². The average molecular weight is 491 g/mol. The summed E-state index contributed by atoms with van der Waals surface area (Å²) in [6.45, 7) is 2.77. The molecule has 1 aromatic heterocycles. The van der Waals surface area contributed by atoms with Crippen molar-refractivity contribution in [1.29, 1.82) is 0 Å². The maximum Gasteiger partial charge on any atom is 0.246 e. The molecule has 2 saturated heterocycles. The Morgan fingerprint density at radius 1 is 0.865 bits per heavy atom. The van der Waals surface area contributed by atoms with Gasteiger partial charge in [-0.05, 0) is 29.2 Å². The number of piperazine rings is 1. The molecule has 2 fully saturated rings. The molecular weight excluding hydrogens is 460 g/mol. The number of fused-ring (bicyclic) bond motifs is 4. The van der Waals surface area contributed by atoms with Gasteiger partial charge in [-0.25, -0.2) is 0 Å². The quantitative estimate of drug-likeness (QED) is 0.468. The monoisotopic (exact) mass is 490 g/mol. The van der Waals surface area contributed by atoms with Crippen molar-refractivity contribution in [3.8, 4) is 0 Å². The molecule has 186 valence electrons. The Hall–Kier alpha value is -3.90. The molecule has 1 N–H and O–H groups in total. The number of nitrogens with zero attached hydrogens (tertiary/aromatic N) is 3. The highest BCUT2D eigenvalue weighted by Gasteiger charge is 2.50. The molecule has 3 aromatic carbocycles. The number of hydrogen-bond acceptors (Lipinski definition) is 3. The summed E-state index contributed by atoms with van der Waals surface area (Å²) in [4.78, 5) is 37.7. The highest BCUT2D eigenvalue weighted by Crippen LogP contribution is 2.43. The lowest BCUT2D eigenvalue weighted by Gasteiger charge is -2.48. The van der Waals surface area contributed by atoms with Crippen LogP contribution in [0.25, 0.3) is 10.9 Å². The summed E-state index contributed by atoms with van der Waals surface area (Å²) < 4.78 is 0. The van der Waals surface area contributed by atoms with Crippen LogP contribution in [0.15, 0.2) is 84.9 Å². The second-order valence-electron chi connectivity index (χ2n) is 10.5. The Bertz CT molecular complexity index is 1460. The Morgan fingerprint density at radius 2 is 1.59 bits per heavy atom. The van der Waals surface area contributed by atoms with Crippen molar-refractivity contribution in [2.75, 3.05) is 19.6 Å². The highest BCUT2D eigenvalue weighted by molar-refractivity contribution is 5.98. The number of benzene rings is 3. The number of aromatic amines is 1. The van der Waals surface area contributed by atoms with Crippen molar-refractivity contribution in [1.82, 2.24) is 19.7 Å². The van der Waals surface area contributed by atoms with E-state index in [1.54, 1.807) is 0 Å². The van der Waals surface area contributed by atoms with Crippen molar-refractivity contribution in [3.05, 3.63) is 107 Å². The van der Waals surface area contributed by atoms with Gasteiger partial charge in [-0.2, -0.15) is 0 Å². The number of hydrogen-bond donors (Lipinski definition) is 1. The lowest BCUT2D eigenvalue weighted by atomic mass is 9.86. The van der Waals surface area contributed by atoms with Gasteiger partial charge in [0.15, 0.2) is 0 Å². The van der Waals surface area contributed by atoms with E-state index < -0.39 is 6.04 Å². The van der Waals surface area contributed by atoms with Crippen LogP contribution < -0.4 is 0 Å². The second-order valence-corrected chi connectivity index (χ2v) is 10.5. The first-order valence-electron chi connectivity index (χ1n) is 13.2. The lowest BCUT2D eigenvalue weighted by molar-refractivity contribution is -0.160. The molecule has 6 nitrogen and oxygen atoms in total.